The second-order valence-electron chi connectivity index (χ2n) is 6.25. The summed E-state index contributed by atoms with van der Waals surface area (Å²) < 4.78 is 38.7. The van der Waals surface area contributed by atoms with Gasteiger partial charge in [0.25, 0.3) is 0 Å². The van der Waals surface area contributed by atoms with Crippen LogP contribution in [0.3, 0.4) is 0 Å². The number of carbonyl (C=O) groups excluding carboxylic acids is 1. The lowest BCUT2D eigenvalue weighted by Crippen LogP contribution is -2.11. The van der Waals surface area contributed by atoms with Gasteiger partial charge in [0.2, 0.25) is 5.91 Å². The first kappa shape index (κ1) is 20.0. The maximum Gasteiger partial charge on any atom is 0.417 e. The van der Waals surface area contributed by atoms with Crippen LogP contribution in [-0.4, -0.2) is 5.91 Å². The molecule has 0 aliphatic rings. The van der Waals surface area contributed by atoms with Crippen molar-refractivity contribution in [2.75, 3.05) is 5.32 Å². The summed E-state index contributed by atoms with van der Waals surface area (Å²) >= 11 is 5.59. The molecule has 0 saturated heterocycles. The van der Waals surface area contributed by atoms with Crippen molar-refractivity contribution in [2.45, 2.75) is 32.9 Å². The minimum atomic E-state index is -4.55. The summed E-state index contributed by atoms with van der Waals surface area (Å²) in [4.78, 5) is 12.2. The first-order chi connectivity index (χ1) is 12.1. The van der Waals surface area contributed by atoms with E-state index in [-0.39, 0.29) is 16.5 Å². The van der Waals surface area contributed by atoms with Gasteiger partial charge in [-0.15, -0.1) is 0 Å². The molecule has 0 heterocycles. The van der Waals surface area contributed by atoms with E-state index in [0.717, 1.165) is 22.9 Å². The molecule has 0 aliphatic carbocycles. The van der Waals surface area contributed by atoms with E-state index < -0.39 is 17.6 Å². The van der Waals surface area contributed by atoms with E-state index in [4.69, 9.17) is 11.6 Å². The van der Waals surface area contributed by atoms with Crippen LogP contribution in [0, 0.1) is 6.92 Å². The van der Waals surface area contributed by atoms with Crippen molar-refractivity contribution in [1.82, 2.24) is 0 Å². The van der Waals surface area contributed by atoms with E-state index in [0.29, 0.717) is 0 Å². The Morgan fingerprint density at radius 2 is 1.88 bits per heavy atom. The van der Waals surface area contributed by atoms with E-state index in [1.54, 1.807) is 0 Å². The van der Waals surface area contributed by atoms with Crippen molar-refractivity contribution in [2.24, 2.45) is 0 Å². The molecule has 0 bridgehead atoms. The zero-order valence-electron chi connectivity index (χ0n) is 14.6. The van der Waals surface area contributed by atoms with Gasteiger partial charge in [-0.2, -0.15) is 13.2 Å². The zero-order chi connectivity index (χ0) is 19.5. The average Bonchev–Trinajstić information content (AvgIpc) is 2.54. The topological polar surface area (TPSA) is 29.1 Å². The van der Waals surface area contributed by atoms with Crippen LogP contribution in [0.15, 0.2) is 42.5 Å². The number of para-hydroxylation sites is 1. The maximum atomic E-state index is 12.9. The van der Waals surface area contributed by atoms with Gasteiger partial charge < -0.3 is 5.32 Å². The van der Waals surface area contributed by atoms with E-state index in [1.165, 1.54) is 24.3 Å². The van der Waals surface area contributed by atoms with Crippen LogP contribution in [0.1, 0.15) is 42.0 Å². The maximum absolute atomic E-state index is 12.9. The molecular weight excluding hydrogens is 363 g/mol. The lowest BCUT2D eigenvalue weighted by molar-refractivity contribution is -0.137. The van der Waals surface area contributed by atoms with E-state index in [2.05, 4.69) is 5.32 Å². The Hall–Kier alpha value is -2.27. The molecule has 0 atom stereocenters. The molecule has 2 aromatic carbocycles. The molecule has 1 amide bonds. The molecule has 0 saturated carbocycles. The van der Waals surface area contributed by atoms with Crippen LogP contribution >= 0.6 is 11.6 Å². The minimum absolute atomic E-state index is 0.222. The number of aryl methyl sites for hydroxylation is 1. The third kappa shape index (κ3) is 4.88. The highest BCUT2D eigenvalue weighted by atomic mass is 35.5. The second kappa shape index (κ2) is 7.96. The van der Waals surface area contributed by atoms with Crippen LogP contribution in [0.4, 0.5) is 18.9 Å². The number of rotatable bonds is 4. The number of hydrogen-bond acceptors (Lipinski definition) is 1. The van der Waals surface area contributed by atoms with Crippen LogP contribution in [0.2, 0.25) is 5.02 Å². The number of halogens is 4. The average molecular weight is 382 g/mol. The van der Waals surface area contributed by atoms with Crippen molar-refractivity contribution >= 4 is 29.3 Å². The summed E-state index contributed by atoms with van der Waals surface area (Å²) in [6.45, 7) is 5.93. The summed E-state index contributed by atoms with van der Waals surface area (Å²) in [6.07, 6.45) is -2.01. The van der Waals surface area contributed by atoms with E-state index >= 15 is 0 Å². The molecule has 2 rings (SSSR count). The lowest BCUT2D eigenvalue weighted by Gasteiger charge is -2.15. The van der Waals surface area contributed by atoms with Crippen molar-refractivity contribution in [3.05, 3.63) is 69.8 Å². The molecule has 2 nitrogen and oxygen atoms in total. The van der Waals surface area contributed by atoms with Crippen LogP contribution < -0.4 is 5.32 Å². The largest absolute Gasteiger partial charge is 0.417 e. The van der Waals surface area contributed by atoms with Crippen LogP contribution in [0.5, 0.6) is 0 Å². The smallest absolute Gasteiger partial charge is 0.322 e. The Kier molecular flexibility index (Phi) is 6.13. The molecule has 0 aromatic heterocycles. The van der Waals surface area contributed by atoms with Crippen molar-refractivity contribution < 1.29 is 18.0 Å². The third-order valence-electron chi connectivity index (χ3n) is 3.90. The van der Waals surface area contributed by atoms with Crippen LogP contribution in [-0.2, 0) is 11.0 Å². The van der Waals surface area contributed by atoms with E-state index in [9.17, 15) is 18.0 Å². The number of amides is 1. The standard InChI is InChI=1S/C20H19ClF3NO/c1-12(2)15-6-4-5-13(3)19(15)25-18(26)10-8-14-7-9-17(21)16(11-14)20(22,23)24/h4-12H,1-3H3,(H,25,26)/b10-8+. The summed E-state index contributed by atoms with van der Waals surface area (Å²) in [5.74, 6) is -0.190. The molecule has 0 aliphatic heterocycles. The van der Waals surface area contributed by atoms with E-state index in [1.807, 2.05) is 39.0 Å². The molecule has 2 aromatic rings. The molecule has 0 fully saturated rings. The third-order valence-corrected chi connectivity index (χ3v) is 4.23. The van der Waals surface area contributed by atoms with Gasteiger partial charge in [-0.25, -0.2) is 0 Å². The number of hydrogen-bond donors (Lipinski definition) is 1. The Labute approximate surface area is 155 Å². The van der Waals surface area contributed by atoms with Crippen molar-refractivity contribution in [3.63, 3.8) is 0 Å². The molecule has 0 radical (unpaired) electrons. The summed E-state index contributed by atoms with van der Waals surface area (Å²) in [5.41, 5.74) is 1.96. The minimum Gasteiger partial charge on any atom is -0.322 e. The molecule has 6 heteroatoms. The summed E-state index contributed by atoms with van der Waals surface area (Å²) in [6, 6.07) is 9.25. The number of nitrogens with one attached hydrogen (secondary N) is 1. The quantitative estimate of drug-likeness (QED) is 0.606. The van der Waals surface area contributed by atoms with Gasteiger partial charge in [0.05, 0.1) is 10.6 Å². The molecule has 138 valence electrons. The number of carbonyl (C=O) groups is 1. The highest BCUT2D eigenvalue weighted by Crippen LogP contribution is 2.35. The molecule has 0 spiro atoms. The Morgan fingerprint density at radius 1 is 1.19 bits per heavy atom. The fourth-order valence-electron chi connectivity index (χ4n) is 2.54. The van der Waals surface area contributed by atoms with Gasteiger partial charge >= 0.3 is 6.18 Å². The summed E-state index contributed by atoms with van der Waals surface area (Å²) in [7, 11) is 0. The van der Waals surface area contributed by atoms with Crippen molar-refractivity contribution in [1.29, 1.82) is 0 Å². The number of anilines is 1. The molecule has 0 unspecified atom stereocenters. The molecular formula is C20H19ClF3NO. The highest BCUT2D eigenvalue weighted by molar-refractivity contribution is 6.31. The summed E-state index contributed by atoms with van der Waals surface area (Å²) in [5, 5.41) is 2.44. The number of alkyl halides is 3. The fourth-order valence-corrected chi connectivity index (χ4v) is 2.77. The van der Waals surface area contributed by atoms with Gasteiger partial charge in [0, 0.05) is 11.8 Å². The SMILES string of the molecule is Cc1cccc(C(C)C)c1NC(=O)/C=C/c1ccc(Cl)c(C(F)(F)F)c1. The predicted molar refractivity (Wildman–Crippen MR) is 99.4 cm³/mol. The predicted octanol–water partition coefficient (Wildman–Crippen LogP) is 6.44. The normalized spacial score (nSPS) is 12.0. The monoisotopic (exact) mass is 381 g/mol. The second-order valence-corrected chi connectivity index (χ2v) is 6.66. The lowest BCUT2D eigenvalue weighted by atomic mass is 9.98. The highest BCUT2D eigenvalue weighted by Gasteiger charge is 2.33. The first-order valence-corrected chi connectivity index (χ1v) is 8.42. The van der Waals surface area contributed by atoms with Gasteiger partial charge in [-0.05, 0) is 47.7 Å². The zero-order valence-corrected chi connectivity index (χ0v) is 15.4. The Morgan fingerprint density at radius 3 is 2.50 bits per heavy atom. The van der Waals surface area contributed by atoms with Gasteiger partial charge in [-0.1, -0.05) is 49.7 Å². The first-order valence-electron chi connectivity index (χ1n) is 8.05. The Bertz CT molecular complexity index is 841. The molecule has 1 N–H and O–H groups in total. The van der Waals surface area contributed by atoms with Crippen molar-refractivity contribution in [3.8, 4) is 0 Å². The van der Waals surface area contributed by atoms with Gasteiger partial charge in [0.15, 0.2) is 0 Å². The fraction of sp³-hybridized carbons (Fsp3) is 0.250. The van der Waals surface area contributed by atoms with Crippen LogP contribution in [0.25, 0.3) is 6.08 Å². The van der Waals surface area contributed by atoms with Gasteiger partial charge in [-0.3, -0.25) is 4.79 Å². The number of benzene rings is 2. The Balaban J connectivity index is 2.22. The molecule has 26 heavy (non-hydrogen) atoms. The van der Waals surface area contributed by atoms with Gasteiger partial charge in [0.1, 0.15) is 0 Å².